The summed E-state index contributed by atoms with van der Waals surface area (Å²) >= 11 is 1.79. The van der Waals surface area contributed by atoms with Crippen LogP contribution in [0.2, 0.25) is 0 Å². The summed E-state index contributed by atoms with van der Waals surface area (Å²) in [6.07, 6.45) is 0.453. The number of hydrogen-bond acceptors (Lipinski definition) is 4. The van der Waals surface area contributed by atoms with Crippen LogP contribution in [0.25, 0.3) is 0 Å². The number of carbonyl (C=O) groups is 2. The minimum Gasteiger partial charge on any atom is -0.366 e. The Hall–Kier alpha value is -2.31. The van der Waals surface area contributed by atoms with Gasteiger partial charge in [-0.05, 0) is 80.6 Å². The Morgan fingerprint density at radius 1 is 1.03 bits per heavy atom. The van der Waals surface area contributed by atoms with Gasteiger partial charge in [-0.3, -0.25) is 14.5 Å². The van der Waals surface area contributed by atoms with Crippen molar-refractivity contribution in [1.29, 1.82) is 0 Å². The van der Waals surface area contributed by atoms with Gasteiger partial charge in [-0.25, -0.2) is 0 Å². The highest BCUT2D eigenvalue weighted by atomic mass is 32.2. The van der Waals surface area contributed by atoms with Crippen LogP contribution in [0.3, 0.4) is 0 Å². The summed E-state index contributed by atoms with van der Waals surface area (Å²) in [5, 5.41) is 3.20. The minimum absolute atomic E-state index is 0.0234. The standard InChI is InChI=1S/C28H41N3O2S/c1-19-14-22(26(29)33)15-20(2)23(19)17-34-28(6,31(7)8)18-30-25(32)16-24(27(3,4)5)21-12-10-9-11-13-21/h9-15,24H,16-18H2,1-8H3,(H2,29,33)(H,30,32)/t24-,28-/m1/s1. The van der Waals surface area contributed by atoms with Gasteiger partial charge in [-0.15, -0.1) is 11.8 Å². The Morgan fingerprint density at radius 3 is 2.06 bits per heavy atom. The zero-order chi connectivity index (χ0) is 25.7. The molecule has 0 radical (unpaired) electrons. The number of hydrogen-bond donors (Lipinski definition) is 2. The van der Waals surface area contributed by atoms with E-state index in [4.69, 9.17) is 5.73 Å². The van der Waals surface area contributed by atoms with Gasteiger partial charge in [-0.2, -0.15) is 0 Å². The van der Waals surface area contributed by atoms with Crippen LogP contribution in [0.15, 0.2) is 42.5 Å². The van der Waals surface area contributed by atoms with Crippen LogP contribution in [0.1, 0.15) is 72.6 Å². The van der Waals surface area contributed by atoms with Crippen molar-refractivity contribution in [2.75, 3.05) is 20.6 Å². The summed E-state index contributed by atoms with van der Waals surface area (Å²) in [4.78, 5) is 26.5. The van der Waals surface area contributed by atoms with Crippen LogP contribution in [0.4, 0.5) is 0 Å². The quantitative estimate of drug-likeness (QED) is 0.453. The zero-order valence-electron chi connectivity index (χ0n) is 22.0. The lowest BCUT2D eigenvalue weighted by atomic mass is 9.74. The van der Waals surface area contributed by atoms with Crippen molar-refractivity contribution < 1.29 is 9.59 Å². The Labute approximate surface area is 209 Å². The van der Waals surface area contributed by atoms with Gasteiger partial charge in [0.25, 0.3) is 0 Å². The number of nitrogens with two attached hydrogens (primary N) is 1. The third kappa shape index (κ3) is 7.34. The molecule has 0 unspecified atom stereocenters. The van der Waals surface area contributed by atoms with E-state index in [9.17, 15) is 9.59 Å². The molecule has 2 amide bonds. The zero-order valence-corrected chi connectivity index (χ0v) is 22.8. The number of carbonyl (C=O) groups excluding carboxylic acids is 2. The topological polar surface area (TPSA) is 75.4 Å². The third-order valence-corrected chi connectivity index (χ3v) is 8.27. The number of rotatable bonds is 10. The van der Waals surface area contributed by atoms with E-state index in [0.29, 0.717) is 18.5 Å². The molecule has 5 nitrogen and oxygen atoms in total. The summed E-state index contributed by atoms with van der Waals surface area (Å²) in [6.45, 7) is 13.3. The number of aryl methyl sites for hydroxylation is 2. The molecule has 0 aliphatic carbocycles. The molecule has 0 fully saturated rings. The maximum absolute atomic E-state index is 13.0. The number of benzene rings is 2. The van der Waals surface area contributed by atoms with E-state index < -0.39 is 5.91 Å². The van der Waals surface area contributed by atoms with Crippen molar-refractivity contribution in [2.24, 2.45) is 11.1 Å². The van der Waals surface area contributed by atoms with Crippen LogP contribution in [-0.2, 0) is 10.5 Å². The fourth-order valence-electron chi connectivity index (χ4n) is 4.06. The number of amides is 2. The molecular weight excluding hydrogens is 442 g/mol. The highest BCUT2D eigenvalue weighted by molar-refractivity contribution is 7.99. The number of nitrogens with zero attached hydrogens (tertiary/aromatic N) is 1. The van der Waals surface area contributed by atoms with Gasteiger partial charge in [0, 0.05) is 24.3 Å². The van der Waals surface area contributed by atoms with Crippen LogP contribution in [0, 0.1) is 19.3 Å². The van der Waals surface area contributed by atoms with Gasteiger partial charge in [0.15, 0.2) is 0 Å². The number of likely N-dealkylation sites (N-methyl/N-ethyl adjacent to an activating group) is 1. The van der Waals surface area contributed by atoms with Crippen molar-refractivity contribution in [3.63, 3.8) is 0 Å². The molecule has 0 saturated carbocycles. The molecule has 2 rings (SSSR count). The average molecular weight is 484 g/mol. The molecule has 6 heteroatoms. The molecule has 0 spiro atoms. The fraction of sp³-hybridized carbons (Fsp3) is 0.500. The van der Waals surface area contributed by atoms with E-state index in [-0.39, 0.29) is 22.1 Å². The molecule has 2 atom stereocenters. The Balaban J connectivity index is 2.09. The third-order valence-electron chi connectivity index (χ3n) is 6.70. The number of thioether (sulfide) groups is 1. The Kier molecular flexibility index (Phi) is 9.37. The number of primary amides is 1. The first-order chi connectivity index (χ1) is 15.7. The van der Waals surface area contributed by atoms with Crippen LogP contribution >= 0.6 is 11.8 Å². The van der Waals surface area contributed by atoms with Gasteiger partial charge in [0.2, 0.25) is 11.8 Å². The largest absolute Gasteiger partial charge is 0.366 e. The molecule has 186 valence electrons. The molecule has 0 bridgehead atoms. The van der Waals surface area contributed by atoms with E-state index in [2.05, 4.69) is 50.0 Å². The van der Waals surface area contributed by atoms with Crippen molar-refractivity contribution in [3.05, 3.63) is 70.3 Å². The maximum Gasteiger partial charge on any atom is 0.248 e. The highest BCUT2D eigenvalue weighted by Crippen LogP contribution is 2.38. The van der Waals surface area contributed by atoms with E-state index in [1.807, 2.05) is 58.3 Å². The van der Waals surface area contributed by atoms with Crippen molar-refractivity contribution in [3.8, 4) is 0 Å². The van der Waals surface area contributed by atoms with Crippen LogP contribution in [-0.4, -0.2) is 42.2 Å². The summed E-state index contributed by atoms with van der Waals surface area (Å²) < 4.78 is 0. The summed E-state index contributed by atoms with van der Waals surface area (Å²) in [7, 11) is 4.08. The first-order valence-electron chi connectivity index (χ1n) is 11.8. The maximum atomic E-state index is 13.0. The first kappa shape index (κ1) is 27.9. The normalized spacial score (nSPS) is 14.5. The van der Waals surface area contributed by atoms with Crippen molar-refractivity contribution in [1.82, 2.24) is 10.2 Å². The molecular formula is C28H41N3O2S. The molecule has 34 heavy (non-hydrogen) atoms. The van der Waals surface area contributed by atoms with Gasteiger partial charge >= 0.3 is 0 Å². The molecule has 0 aliphatic heterocycles. The second-order valence-electron chi connectivity index (χ2n) is 10.6. The van der Waals surface area contributed by atoms with E-state index in [0.717, 1.165) is 16.9 Å². The fourth-order valence-corrected chi connectivity index (χ4v) is 5.40. The van der Waals surface area contributed by atoms with Crippen molar-refractivity contribution >= 4 is 23.6 Å². The molecule has 0 heterocycles. The molecule has 2 aromatic carbocycles. The molecule has 0 aromatic heterocycles. The second-order valence-corrected chi connectivity index (χ2v) is 12.1. The van der Waals surface area contributed by atoms with Crippen LogP contribution < -0.4 is 11.1 Å². The van der Waals surface area contributed by atoms with E-state index >= 15 is 0 Å². The Bertz CT molecular complexity index is 975. The van der Waals surface area contributed by atoms with Gasteiger partial charge in [-0.1, -0.05) is 51.1 Å². The van der Waals surface area contributed by atoms with Gasteiger partial charge in [0.05, 0.1) is 4.87 Å². The van der Waals surface area contributed by atoms with Crippen LogP contribution in [0.5, 0.6) is 0 Å². The second kappa shape index (κ2) is 11.4. The lowest BCUT2D eigenvalue weighted by molar-refractivity contribution is -0.122. The molecule has 0 aliphatic rings. The lowest BCUT2D eigenvalue weighted by Crippen LogP contribution is -2.48. The van der Waals surface area contributed by atoms with E-state index in [1.54, 1.807) is 11.8 Å². The van der Waals surface area contributed by atoms with E-state index in [1.165, 1.54) is 11.1 Å². The van der Waals surface area contributed by atoms with Gasteiger partial charge in [0.1, 0.15) is 0 Å². The monoisotopic (exact) mass is 483 g/mol. The molecule has 3 N–H and O–H groups in total. The van der Waals surface area contributed by atoms with Gasteiger partial charge < -0.3 is 11.1 Å². The average Bonchev–Trinajstić information content (AvgIpc) is 2.75. The smallest absolute Gasteiger partial charge is 0.248 e. The molecule has 0 saturated heterocycles. The summed E-state index contributed by atoms with van der Waals surface area (Å²) in [6, 6.07) is 14.0. The highest BCUT2D eigenvalue weighted by Gasteiger charge is 2.31. The summed E-state index contributed by atoms with van der Waals surface area (Å²) in [5.41, 5.74) is 10.5. The Morgan fingerprint density at radius 2 is 1.59 bits per heavy atom. The summed E-state index contributed by atoms with van der Waals surface area (Å²) in [5.74, 6) is 0.572. The first-order valence-corrected chi connectivity index (χ1v) is 12.8. The van der Waals surface area contributed by atoms with Crippen molar-refractivity contribution in [2.45, 2.75) is 64.5 Å². The molecule has 2 aromatic rings. The number of nitrogens with one attached hydrogen (secondary N) is 1. The lowest BCUT2D eigenvalue weighted by Gasteiger charge is -2.37. The SMILES string of the molecule is Cc1cc(C(N)=O)cc(C)c1CS[C@](C)(CNC(=O)C[C@H](c1ccccc1)C(C)(C)C)N(C)C. The predicted octanol–water partition coefficient (Wildman–Crippen LogP) is 5.25. The predicted molar refractivity (Wildman–Crippen MR) is 144 cm³/mol. The minimum atomic E-state index is -0.407.